The Kier molecular flexibility index (Phi) is 4.79. The molecule has 3 aromatic carbocycles. The van der Waals surface area contributed by atoms with Crippen LogP contribution in [-0.2, 0) is 0 Å². The van der Waals surface area contributed by atoms with Crippen LogP contribution >= 0.6 is 0 Å². The fourth-order valence-corrected chi connectivity index (χ4v) is 3.83. The molecule has 0 unspecified atom stereocenters. The summed E-state index contributed by atoms with van der Waals surface area (Å²) in [5.74, 6) is 1.30. The number of hydrogen-bond acceptors (Lipinski definition) is 3. The van der Waals surface area contributed by atoms with Crippen LogP contribution in [0.4, 0.5) is 4.39 Å². The van der Waals surface area contributed by atoms with Crippen LogP contribution in [0.5, 0.6) is 17.2 Å². The fourth-order valence-electron chi connectivity index (χ4n) is 3.83. The second-order valence-corrected chi connectivity index (χ2v) is 7.78. The van der Waals surface area contributed by atoms with Crippen LogP contribution in [0.25, 0.3) is 11.1 Å². The molecule has 1 heterocycles. The van der Waals surface area contributed by atoms with Crippen LogP contribution in [0.1, 0.15) is 37.0 Å². The van der Waals surface area contributed by atoms with Gasteiger partial charge in [-0.2, -0.15) is 0 Å². The van der Waals surface area contributed by atoms with E-state index in [1.54, 1.807) is 31.4 Å². The molecule has 0 bridgehead atoms. The zero-order valence-corrected chi connectivity index (χ0v) is 16.7. The van der Waals surface area contributed by atoms with E-state index >= 15 is 0 Å². The number of halogens is 1. The predicted molar refractivity (Wildman–Crippen MR) is 113 cm³/mol. The predicted octanol–water partition coefficient (Wildman–Crippen LogP) is 6.06. The molecule has 3 nitrogen and oxygen atoms in total. The van der Waals surface area contributed by atoms with E-state index in [0.717, 1.165) is 22.3 Å². The Labute approximate surface area is 170 Å². The van der Waals surface area contributed by atoms with Gasteiger partial charge in [0.1, 0.15) is 28.7 Å². The highest BCUT2D eigenvalue weighted by atomic mass is 19.1. The van der Waals surface area contributed by atoms with Crippen LogP contribution in [0, 0.1) is 5.82 Å². The molecule has 4 rings (SSSR count). The average molecular weight is 390 g/mol. The molecule has 0 spiro atoms. The minimum atomic E-state index is -0.470. The third kappa shape index (κ3) is 3.70. The molecule has 29 heavy (non-hydrogen) atoms. The average Bonchev–Trinajstić information content (AvgIpc) is 2.69. The van der Waals surface area contributed by atoms with E-state index in [-0.39, 0.29) is 11.6 Å². The Bertz CT molecular complexity index is 1080. The van der Waals surface area contributed by atoms with Gasteiger partial charge in [0.05, 0.1) is 7.11 Å². The maximum atomic E-state index is 14.9. The molecule has 3 aromatic rings. The van der Waals surface area contributed by atoms with Crippen molar-refractivity contribution >= 4 is 11.1 Å². The number of ether oxygens (including phenoxy) is 2. The van der Waals surface area contributed by atoms with Crippen LogP contribution in [-0.4, -0.2) is 17.8 Å². The van der Waals surface area contributed by atoms with Gasteiger partial charge < -0.3 is 14.6 Å². The molecule has 0 atom stereocenters. The lowest BCUT2D eigenvalue weighted by Gasteiger charge is -2.36. The summed E-state index contributed by atoms with van der Waals surface area (Å²) in [4.78, 5) is 0. The van der Waals surface area contributed by atoms with E-state index < -0.39 is 5.60 Å². The highest BCUT2D eigenvalue weighted by Crippen LogP contribution is 2.47. The maximum absolute atomic E-state index is 14.9. The first kappa shape index (κ1) is 19.1. The first-order chi connectivity index (χ1) is 13.9. The number of phenols is 1. The Morgan fingerprint density at radius 3 is 2.45 bits per heavy atom. The van der Waals surface area contributed by atoms with Crippen LogP contribution in [0.3, 0.4) is 0 Å². The highest BCUT2D eigenvalue weighted by Gasteiger charge is 2.33. The number of aromatic hydroxyl groups is 1. The molecular weight excluding hydrogens is 367 g/mol. The van der Waals surface area contributed by atoms with Gasteiger partial charge in [-0.3, -0.25) is 0 Å². The summed E-state index contributed by atoms with van der Waals surface area (Å²) in [6.45, 7) is 4.04. The van der Waals surface area contributed by atoms with Crippen molar-refractivity contribution in [2.45, 2.75) is 25.9 Å². The van der Waals surface area contributed by atoms with Crippen molar-refractivity contribution in [3.05, 3.63) is 89.2 Å². The third-order valence-electron chi connectivity index (χ3n) is 5.10. The van der Waals surface area contributed by atoms with Gasteiger partial charge in [-0.15, -0.1) is 0 Å². The molecule has 1 aliphatic heterocycles. The molecule has 0 radical (unpaired) electrons. The summed E-state index contributed by atoms with van der Waals surface area (Å²) in [6, 6.07) is 19.4. The Morgan fingerprint density at radius 2 is 1.76 bits per heavy atom. The van der Waals surface area contributed by atoms with Crippen molar-refractivity contribution < 1.29 is 19.0 Å². The summed E-state index contributed by atoms with van der Waals surface area (Å²) < 4.78 is 26.5. The fraction of sp³-hybridized carbons (Fsp3) is 0.200. The van der Waals surface area contributed by atoms with E-state index in [9.17, 15) is 9.50 Å². The molecular formula is C25H23FO3. The van der Waals surface area contributed by atoms with Gasteiger partial charge in [0.25, 0.3) is 0 Å². The van der Waals surface area contributed by atoms with Gasteiger partial charge in [-0.1, -0.05) is 30.3 Å². The minimum absolute atomic E-state index is 0.170. The number of phenolic OH excluding ortho intramolecular Hbond substituents is 1. The van der Waals surface area contributed by atoms with Crippen molar-refractivity contribution in [1.29, 1.82) is 0 Å². The molecule has 0 saturated carbocycles. The lowest BCUT2D eigenvalue weighted by atomic mass is 9.82. The lowest BCUT2D eigenvalue weighted by molar-refractivity contribution is 0.107. The van der Waals surface area contributed by atoms with E-state index in [0.29, 0.717) is 23.5 Å². The molecule has 1 aliphatic rings. The molecule has 0 aliphatic carbocycles. The van der Waals surface area contributed by atoms with E-state index in [1.807, 2.05) is 50.2 Å². The van der Waals surface area contributed by atoms with Crippen LogP contribution in [0.2, 0.25) is 0 Å². The Hall–Kier alpha value is -3.27. The molecule has 0 fully saturated rings. The van der Waals surface area contributed by atoms with E-state index in [1.165, 1.54) is 6.07 Å². The number of rotatable bonds is 3. The standard InChI is InChI=1S/C25H23FO3/c1-25(2)15-21(19-13-12-18(28-3)14-23(19)29-25)24(16-8-10-17(27)11-9-16)20-6-4-5-7-22(20)26/h4-14,27H,15H2,1-3H3/b24-21+. The van der Waals surface area contributed by atoms with Crippen LogP contribution in [0.15, 0.2) is 66.7 Å². The second kappa shape index (κ2) is 7.28. The maximum Gasteiger partial charge on any atom is 0.131 e. The second-order valence-electron chi connectivity index (χ2n) is 7.78. The third-order valence-corrected chi connectivity index (χ3v) is 5.10. The summed E-state index contributed by atoms with van der Waals surface area (Å²) >= 11 is 0. The number of hydrogen-bond donors (Lipinski definition) is 1. The van der Waals surface area contributed by atoms with Gasteiger partial charge in [-0.25, -0.2) is 4.39 Å². The van der Waals surface area contributed by atoms with E-state index in [4.69, 9.17) is 9.47 Å². The number of methoxy groups -OCH3 is 1. The molecule has 0 saturated heterocycles. The quantitative estimate of drug-likeness (QED) is 0.591. The number of benzene rings is 3. The lowest BCUT2D eigenvalue weighted by Crippen LogP contribution is -2.32. The van der Waals surface area contributed by atoms with Crippen LogP contribution < -0.4 is 9.47 Å². The molecule has 4 heteroatoms. The smallest absolute Gasteiger partial charge is 0.131 e. The zero-order valence-electron chi connectivity index (χ0n) is 16.7. The Morgan fingerprint density at radius 1 is 1.03 bits per heavy atom. The van der Waals surface area contributed by atoms with Crippen molar-refractivity contribution in [1.82, 2.24) is 0 Å². The largest absolute Gasteiger partial charge is 0.508 e. The SMILES string of the molecule is COc1ccc2c(c1)OC(C)(C)C/C2=C(/c1ccc(O)cc1)c1ccccc1F. The first-order valence-corrected chi connectivity index (χ1v) is 9.53. The van der Waals surface area contributed by atoms with E-state index in [2.05, 4.69) is 0 Å². The van der Waals surface area contributed by atoms with Crippen molar-refractivity contribution in [2.75, 3.05) is 7.11 Å². The van der Waals surface area contributed by atoms with Crippen molar-refractivity contribution in [3.63, 3.8) is 0 Å². The summed E-state index contributed by atoms with van der Waals surface area (Å²) in [5.41, 5.74) is 3.59. The van der Waals surface area contributed by atoms with Gasteiger partial charge in [0, 0.05) is 23.6 Å². The van der Waals surface area contributed by atoms with Crippen molar-refractivity contribution in [2.24, 2.45) is 0 Å². The molecule has 1 N–H and O–H groups in total. The topological polar surface area (TPSA) is 38.7 Å². The highest BCUT2D eigenvalue weighted by molar-refractivity contribution is 6.00. The van der Waals surface area contributed by atoms with Gasteiger partial charge >= 0.3 is 0 Å². The monoisotopic (exact) mass is 390 g/mol. The molecule has 0 aromatic heterocycles. The number of fused-ring (bicyclic) bond motifs is 1. The van der Waals surface area contributed by atoms with Gasteiger partial charge in [-0.05, 0) is 60.9 Å². The summed E-state index contributed by atoms with van der Waals surface area (Å²) in [5, 5.41) is 9.75. The molecule has 148 valence electrons. The van der Waals surface area contributed by atoms with Gasteiger partial charge in [0.2, 0.25) is 0 Å². The summed E-state index contributed by atoms with van der Waals surface area (Å²) in [6.07, 6.45) is 0.608. The summed E-state index contributed by atoms with van der Waals surface area (Å²) in [7, 11) is 1.62. The normalized spacial score (nSPS) is 16.6. The first-order valence-electron chi connectivity index (χ1n) is 9.53. The zero-order chi connectivity index (χ0) is 20.6. The molecule has 0 amide bonds. The van der Waals surface area contributed by atoms with Gasteiger partial charge in [0.15, 0.2) is 0 Å². The Balaban J connectivity index is 2.05. The minimum Gasteiger partial charge on any atom is -0.508 e. The van der Waals surface area contributed by atoms with Crippen molar-refractivity contribution in [3.8, 4) is 17.2 Å².